The summed E-state index contributed by atoms with van der Waals surface area (Å²) in [6.07, 6.45) is 2.23. The van der Waals surface area contributed by atoms with Gasteiger partial charge in [0.1, 0.15) is 11.6 Å². The molecule has 0 saturated carbocycles. The maximum absolute atomic E-state index is 6.10. The van der Waals surface area contributed by atoms with Gasteiger partial charge < -0.3 is 5.32 Å². The van der Waals surface area contributed by atoms with E-state index in [2.05, 4.69) is 15.3 Å². The van der Waals surface area contributed by atoms with Gasteiger partial charge in [0.25, 0.3) is 0 Å². The molecule has 2 aromatic rings. The van der Waals surface area contributed by atoms with Gasteiger partial charge in [0.05, 0.1) is 0 Å². The lowest BCUT2D eigenvalue weighted by molar-refractivity contribution is 0.969. The van der Waals surface area contributed by atoms with Gasteiger partial charge in [-0.2, -0.15) is 0 Å². The second-order valence-electron chi connectivity index (χ2n) is 3.49. The van der Waals surface area contributed by atoms with Gasteiger partial charge in [-0.05, 0) is 23.8 Å². The number of hydrogen-bond acceptors (Lipinski definition) is 3. The van der Waals surface area contributed by atoms with Gasteiger partial charge >= 0.3 is 0 Å². The Morgan fingerprint density at radius 2 is 1.88 bits per heavy atom. The first-order chi connectivity index (χ1) is 8.20. The average Bonchev–Trinajstić information content (AvgIpc) is 2.34. The Bertz CT molecular complexity index is 509. The SMILES string of the molecule is CNc1ccnc(Cc2c(Cl)cccc2Cl)n1. The van der Waals surface area contributed by atoms with Gasteiger partial charge in [-0.25, -0.2) is 9.97 Å². The van der Waals surface area contributed by atoms with Gasteiger partial charge in [0.2, 0.25) is 0 Å². The molecular weight excluding hydrogens is 257 g/mol. The number of halogens is 2. The molecule has 1 aromatic carbocycles. The molecule has 5 heteroatoms. The van der Waals surface area contributed by atoms with Crippen LogP contribution < -0.4 is 5.32 Å². The molecule has 3 nitrogen and oxygen atoms in total. The summed E-state index contributed by atoms with van der Waals surface area (Å²) in [6.45, 7) is 0. The van der Waals surface area contributed by atoms with Crippen LogP contribution in [-0.2, 0) is 6.42 Å². The number of hydrogen-bond donors (Lipinski definition) is 1. The van der Waals surface area contributed by atoms with E-state index in [0.717, 1.165) is 11.4 Å². The second-order valence-corrected chi connectivity index (χ2v) is 4.30. The summed E-state index contributed by atoms with van der Waals surface area (Å²) >= 11 is 12.2. The Morgan fingerprint density at radius 1 is 1.18 bits per heavy atom. The zero-order valence-corrected chi connectivity index (χ0v) is 10.8. The Labute approximate surface area is 110 Å². The lowest BCUT2D eigenvalue weighted by atomic mass is 10.1. The Kier molecular flexibility index (Phi) is 3.82. The number of benzene rings is 1. The molecule has 0 saturated heterocycles. The van der Waals surface area contributed by atoms with Crippen LogP contribution >= 0.6 is 23.2 Å². The molecule has 0 amide bonds. The predicted molar refractivity (Wildman–Crippen MR) is 70.8 cm³/mol. The van der Waals surface area contributed by atoms with Crippen molar-refractivity contribution < 1.29 is 0 Å². The maximum Gasteiger partial charge on any atom is 0.135 e. The highest BCUT2D eigenvalue weighted by atomic mass is 35.5. The summed E-state index contributed by atoms with van der Waals surface area (Å²) in [5.74, 6) is 1.46. The molecule has 2 rings (SSSR count). The van der Waals surface area contributed by atoms with Crippen molar-refractivity contribution in [3.05, 3.63) is 51.9 Å². The van der Waals surface area contributed by atoms with Crippen LogP contribution in [0.4, 0.5) is 5.82 Å². The monoisotopic (exact) mass is 267 g/mol. The molecule has 0 spiro atoms. The zero-order chi connectivity index (χ0) is 12.3. The summed E-state index contributed by atoms with van der Waals surface area (Å²) in [4.78, 5) is 8.53. The minimum absolute atomic E-state index is 0.522. The van der Waals surface area contributed by atoms with E-state index in [9.17, 15) is 0 Å². The molecule has 0 unspecified atom stereocenters. The topological polar surface area (TPSA) is 37.8 Å². The number of aromatic nitrogens is 2. The lowest BCUT2D eigenvalue weighted by Gasteiger charge is -2.06. The highest BCUT2D eigenvalue weighted by Gasteiger charge is 2.08. The molecular formula is C12H11Cl2N3. The van der Waals surface area contributed by atoms with Crippen molar-refractivity contribution >= 4 is 29.0 Å². The number of anilines is 1. The summed E-state index contributed by atoms with van der Waals surface area (Å²) in [7, 11) is 1.81. The fourth-order valence-corrected chi connectivity index (χ4v) is 2.01. The third-order valence-electron chi connectivity index (χ3n) is 2.36. The molecule has 0 atom stereocenters. The molecule has 88 valence electrons. The van der Waals surface area contributed by atoms with Gasteiger partial charge in [0.15, 0.2) is 0 Å². The summed E-state index contributed by atoms with van der Waals surface area (Å²) in [6, 6.07) is 7.24. The van der Waals surface area contributed by atoms with Crippen molar-refractivity contribution in [1.29, 1.82) is 0 Å². The minimum Gasteiger partial charge on any atom is -0.373 e. The highest BCUT2D eigenvalue weighted by molar-refractivity contribution is 6.36. The molecule has 1 heterocycles. The van der Waals surface area contributed by atoms with Crippen LogP contribution in [0.25, 0.3) is 0 Å². The minimum atomic E-state index is 0.522. The molecule has 0 radical (unpaired) electrons. The Hall–Kier alpha value is -1.32. The average molecular weight is 268 g/mol. The summed E-state index contributed by atoms with van der Waals surface area (Å²) in [5, 5.41) is 4.24. The molecule has 0 aliphatic rings. The van der Waals surface area contributed by atoms with Crippen molar-refractivity contribution in [3.8, 4) is 0 Å². The third-order valence-corrected chi connectivity index (χ3v) is 3.07. The van der Waals surface area contributed by atoms with Crippen LogP contribution in [0.2, 0.25) is 10.0 Å². The number of nitrogens with one attached hydrogen (secondary N) is 1. The summed E-state index contributed by atoms with van der Waals surface area (Å²) in [5.41, 5.74) is 0.851. The van der Waals surface area contributed by atoms with E-state index in [-0.39, 0.29) is 0 Å². The van der Waals surface area contributed by atoms with E-state index < -0.39 is 0 Å². The quantitative estimate of drug-likeness (QED) is 0.926. The smallest absolute Gasteiger partial charge is 0.135 e. The van der Waals surface area contributed by atoms with E-state index in [1.807, 2.05) is 25.2 Å². The van der Waals surface area contributed by atoms with Gasteiger partial charge in [-0.3, -0.25) is 0 Å². The van der Waals surface area contributed by atoms with Gasteiger partial charge in [-0.15, -0.1) is 0 Å². The van der Waals surface area contributed by atoms with Crippen molar-refractivity contribution in [2.75, 3.05) is 12.4 Å². The molecule has 0 fully saturated rings. The van der Waals surface area contributed by atoms with Crippen LogP contribution in [0, 0.1) is 0 Å². The van der Waals surface area contributed by atoms with Gasteiger partial charge in [0, 0.05) is 29.7 Å². The molecule has 0 bridgehead atoms. The Balaban J connectivity index is 2.31. The first-order valence-electron chi connectivity index (χ1n) is 5.13. The van der Waals surface area contributed by atoms with E-state index in [1.54, 1.807) is 12.3 Å². The molecule has 1 aromatic heterocycles. The molecule has 0 aliphatic heterocycles. The normalized spacial score (nSPS) is 10.3. The zero-order valence-electron chi connectivity index (χ0n) is 9.24. The molecule has 17 heavy (non-hydrogen) atoms. The fraction of sp³-hybridized carbons (Fsp3) is 0.167. The van der Waals surface area contributed by atoms with Crippen LogP contribution in [-0.4, -0.2) is 17.0 Å². The van der Waals surface area contributed by atoms with E-state index in [1.165, 1.54) is 0 Å². The molecule has 1 N–H and O–H groups in total. The molecule has 0 aliphatic carbocycles. The van der Waals surface area contributed by atoms with Crippen LogP contribution in [0.1, 0.15) is 11.4 Å². The van der Waals surface area contributed by atoms with Crippen molar-refractivity contribution in [3.63, 3.8) is 0 Å². The van der Waals surface area contributed by atoms with Crippen LogP contribution in [0.5, 0.6) is 0 Å². The van der Waals surface area contributed by atoms with E-state index in [0.29, 0.717) is 22.3 Å². The van der Waals surface area contributed by atoms with Gasteiger partial charge in [-0.1, -0.05) is 29.3 Å². The summed E-state index contributed by atoms with van der Waals surface area (Å²) < 4.78 is 0. The second kappa shape index (κ2) is 5.34. The van der Waals surface area contributed by atoms with Crippen molar-refractivity contribution in [1.82, 2.24) is 9.97 Å². The Morgan fingerprint density at radius 3 is 2.53 bits per heavy atom. The van der Waals surface area contributed by atoms with Crippen molar-refractivity contribution in [2.45, 2.75) is 6.42 Å². The first kappa shape index (κ1) is 12.1. The van der Waals surface area contributed by atoms with E-state index >= 15 is 0 Å². The third kappa shape index (κ3) is 2.87. The predicted octanol–water partition coefficient (Wildman–Crippen LogP) is 3.42. The standard InChI is InChI=1S/C12H11Cl2N3/c1-15-11-5-6-16-12(17-11)7-8-9(13)3-2-4-10(8)14/h2-6H,7H2,1H3,(H,15,16,17). The van der Waals surface area contributed by atoms with Crippen LogP contribution in [0.3, 0.4) is 0 Å². The number of nitrogens with zero attached hydrogens (tertiary/aromatic N) is 2. The highest BCUT2D eigenvalue weighted by Crippen LogP contribution is 2.26. The van der Waals surface area contributed by atoms with Crippen LogP contribution in [0.15, 0.2) is 30.5 Å². The fourth-order valence-electron chi connectivity index (χ4n) is 1.48. The largest absolute Gasteiger partial charge is 0.373 e. The maximum atomic E-state index is 6.10. The first-order valence-corrected chi connectivity index (χ1v) is 5.89. The lowest BCUT2D eigenvalue weighted by Crippen LogP contribution is -2.01. The number of rotatable bonds is 3. The van der Waals surface area contributed by atoms with E-state index in [4.69, 9.17) is 23.2 Å². The van der Waals surface area contributed by atoms with Crippen molar-refractivity contribution in [2.24, 2.45) is 0 Å².